The molecule has 0 fully saturated rings. The molecule has 130 valence electrons. The molecular weight excluding hydrogens is 332 g/mol. The highest BCUT2D eigenvalue weighted by molar-refractivity contribution is 5.99. The highest BCUT2D eigenvalue weighted by atomic mass is 16.1. The van der Waals surface area contributed by atoms with E-state index in [0.717, 1.165) is 16.8 Å². The number of nitrogens with zero attached hydrogens (tertiary/aromatic N) is 1. The Kier molecular flexibility index (Phi) is 3.65. The van der Waals surface area contributed by atoms with E-state index >= 15 is 0 Å². The number of benzene rings is 3. The minimum Gasteiger partial charge on any atom is -0.341 e. The minimum atomic E-state index is -0.136. The molecule has 0 bridgehead atoms. The Morgan fingerprint density at radius 3 is 1.93 bits per heavy atom. The number of fused-ring (bicyclic) bond motifs is 3. The zero-order chi connectivity index (χ0) is 18.2. The van der Waals surface area contributed by atoms with Crippen LogP contribution in [0.3, 0.4) is 0 Å². The molecule has 1 heterocycles. The van der Waals surface area contributed by atoms with Crippen molar-refractivity contribution in [3.63, 3.8) is 0 Å². The van der Waals surface area contributed by atoms with Gasteiger partial charge in [-0.2, -0.15) is 0 Å². The smallest absolute Gasteiger partial charge is 0.254 e. The third-order valence-corrected chi connectivity index (χ3v) is 5.14. The SMILES string of the molecule is O=C(NC1c2ccccc2-c2ccccc21)c1ccccc1-n1cccc1. The highest BCUT2D eigenvalue weighted by Crippen LogP contribution is 2.43. The fraction of sp³-hybridized carbons (Fsp3) is 0.0417. The molecule has 0 saturated heterocycles. The molecule has 1 amide bonds. The molecule has 0 aliphatic heterocycles. The maximum absolute atomic E-state index is 13.2. The van der Waals surface area contributed by atoms with E-state index in [1.807, 2.05) is 77.6 Å². The zero-order valence-corrected chi connectivity index (χ0v) is 14.7. The van der Waals surface area contributed by atoms with E-state index in [1.165, 1.54) is 11.1 Å². The van der Waals surface area contributed by atoms with Crippen molar-refractivity contribution in [2.75, 3.05) is 0 Å². The maximum atomic E-state index is 13.2. The van der Waals surface area contributed by atoms with Gasteiger partial charge in [0.1, 0.15) is 0 Å². The predicted molar refractivity (Wildman–Crippen MR) is 107 cm³/mol. The highest BCUT2D eigenvalue weighted by Gasteiger charge is 2.29. The minimum absolute atomic E-state index is 0.0733. The van der Waals surface area contributed by atoms with Crippen LogP contribution in [0.25, 0.3) is 16.8 Å². The lowest BCUT2D eigenvalue weighted by Crippen LogP contribution is -2.29. The molecule has 0 saturated carbocycles. The Labute approximate surface area is 157 Å². The van der Waals surface area contributed by atoms with Crippen LogP contribution in [0.5, 0.6) is 0 Å². The summed E-state index contributed by atoms with van der Waals surface area (Å²) in [5.74, 6) is -0.0733. The van der Waals surface area contributed by atoms with Crippen molar-refractivity contribution >= 4 is 5.91 Å². The number of hydrogen-bond donors (Lipinski definition) is 1. The number of rotatable bonds is 3. The van der Waals surface area contributed by atoms with Crippen molar-refractivity contribution < 1.29 is 4.79 Å². The van der Waals surface area contributed by atoms with Gasteiger partial charge in [0.25, 0.3) is 5.91 Å². The summed E-state index contributed by atoms with van der Waals surface area (Å²) in [5, 5.41) is 3.26. The van der Waals surface area contributed by atoms with Crippen molar-refractivity contribution in [1.82, 2.24) is 9.88 Å². The summed E-state index contributed by atoms with van der Waals surface area (Å²) < 4.78 is 1.96. The van der Waals surface area contributed by atoms with Gasteiger partial charge in [-0.25, -0.2) is 0 Å². The van der Waals surface area contributed by atoms with Crippen LogP contribution >= 0.6 is 0 Å². The van der Waals surface area contributed by atoms with Crippen molar-refractivity contribution in [2.45, 2.75) is 6.04 Å². The quantitative estimate of drug-likeness (QED) is 0.556. The maximum Gasteiger partial charge on any atom is 0.254 e. The molecule has 4 aromatic rings. The summed E-state index contributed by atoms with van der Waals surface area (Å²) in [6, 6.07) is 28.0. The predicted octanol–water partition coefficient (Wildman–Crippen LogP) is 4.98. The first kappa shape index (κ1) is 15.6. The van der Waals surface area contributed by atoms with E-state index in [0.29, 0.717) is 5.56 Å². The molecule has 3 aromatic carbocycles. The first-order valence-corrected chi connectivity index (χ1v) is 9.04. The van der Waals surface area contributed by atoms with Gasteiger partial charge in [0.05, 0.1) is 17.3 Å². The Morgan fingerprint density at radius 2 is 1.26 bits per heavy atom. The molecule has 1 aliphatic rings. The number of nitrogens with one attached hydrogen (secondary N) is 1. The first-order valence-electron chi connectivity index (χ1n) is 9.04. The molecule has 1 aliphatic carbocycles. The van der Waals surface area contributed by atoms with E-state index < -0.39 is 0 Å². The number of carbonyl (C=O) groups excluding carboxylic acids is 1. The summed E-state index contributed by atoms with van der Waals surface area (Å²) in [6.45, 7) is 0. The van der Waals surface area contributed by atoms with Gasteiger partial charge in [0.2, 0.25) is 0 Å². The van der Waals surface area contributed by atoms with Crippen LogP contribution in [0.4, 0.5) is 0 Å². The molecule has 1 aromatic heterocycles. The van der Waals surface area contributed by atoms with Crippen LogP contribution in [0, 0.1) is 0 Å². The molecule has 0 atom stereocenters. The molecule has 3 heteroatoms. The van der Waals surface area contributed by atoms with Crippen LogP contribution in [0.1, 0.15) is 27.5 Å². The first-order chi connectivity index (χ1) is 13.3. The number of para-hydroxylation sites is 1. The third-order valence-electron chi connectivity index (χ3n) is 5.14. The zero-order valence-electron chi connectivity index (χ0n) is 14.7. The van der Waals surface area contributed by atoms with Crippen molar-refractivity contribution in [1.29, 1.82) is 0 Å². The molecule has 1 N–H and O–H groups in total. The second-order valence-corrected chi connectivity index (χ2v) is 6.69. The summed E-state index contributed by atoms with van der Waals surface area (Å²) in [7, 11) is 0. The van der Waals surface area contributed by atoms with Gasteiger partial charge < -0.3 is 9.88 Å². The second kappa shape index (κ2) is 6.29. The molecule has 27 heavy (non-hydrogen) atoms. The Bertz CT molecular complexity index is 1080. The molecule has 0 unspecified atom stereocenters. The van der Waals surface area contributed by atoms with E-state index in [1.54, 1.807) is 0 Å². The standard InChI is InChI=1S/C24H18N2O/c27-24(21-13-5-6-14-22(21)26-15-7-8-16-26)25-23-19-11-3-1-9-17(19)18-10-2-4-12-20(18)23/h1-16,23H,(H,25,27). The average molecular weight is 350 g/mol. The molecular formula is C24H18N2O. The van der Waals surface area contributed by atoms with Crippen LogP contribution in [0.2, 0.25) is 0 Å². The van der Waals surface area contributed by atoms with Crippen molar-refractivity contribution in [2.24, 2.45) is 0 Å². The van der Waals surface area contributed by atoms with E-state index in [-0.39, 0.29) is 11.9 Å². The van der Waals surface area contributed by atoms with Gasteiger partial charge in [-0.15, -0.1) is 0 Å². The summed E-state index contributed by atoms with van der Waals surface area (Å²) >= 11 is 0. The number of carbonyl (C=O) groups is 1. The molecule has 5 rings (SSSR count). The van der Waals surface area contributed by atoms with E-state index in [2.05, 4.69) is 29.6 Å². The Hall–Kier alpha value is -3.59. The number of aromatic nitrogens is 1. The van der Waals surface area contributed by atoms with Crippen LogP contribution in [-0.2, 0) is 0 Å². The Morgan fingerprint density at radius 1 is 0.704 bits per heavy atom. The molecule has 0 radical (unpaired) electrons. The lowest BCUT2D eigenvalue weighted by molar-refractivity contribution is 0.0943. The molecule has 0 spiro atoms. The third kappa shape index (κ3) is 2.56. The van der Waals surface area contributed by atoms with Crippen LogP contribution in [0.15, 0.2) is 97.3 Å². The van der Waals surface area contributed by atoms with Gasteiger partial charge in [-0.1, -0.05) is 60.7 Å². The largest absolute Gasteiger partial charge is 0.341 e. The molecule has 3 nitrogen and oxygen atoms in total. The van der Waals surface area contributed by atoms with Crippen LogP contribution < -0.4 is 5.32 Å². The van der Waals surface area contributed by atoms with E-state index in [9.17, 15) is 4.79 Å². The summed E-state index contributed by atoms with van der Waals surface area (Å²) in [6.07, 6.45) is 3.90. The van der Waals surface area contributed by atoms with Crippen LogP contribution in [-0.4, -0.2) is 10.5 Å². The van der Waals surface area contributed by atoms with Gasteiger partial charge in [-0.05, 0) is 46.5 Å². The summed E-state index contributed by atoms with van der Waals surface area (Å²) in [4.78, 5) is 13.2. The topological polar surface area (TPSA) is 34.0 Å². The van der Waals surface area contributed by atoms with E-state index in [4.69, 9.17) is 0 Å². The fourth-order valence-electron chi connectivity index (χ4n) is 3.91. The van der Waals surface area contributed by atoms with Gasteiger partial charge >= 0.3 is 0 Å². The lowest BCUT2D eigenvalue weighted by atomic mass is 10.0. The monoisotopic (exact) mass is 350 g/mol. The Balaban J connectivity index is 1.55. The van der Waals surface area contributed by atoms with Gasteiger partial charge in [0, 0.05) is 12.4 Å². The second-order valence-electron chi connectivity index (χ2n) is 6.69. The fourth-order valence-corrected chi connectivity index (χ4v) is 3.91. The number of amides is 1. The lowest BCUT2D eigenvalue weighted by Gasteiger charge is -2.18. The normalized spacial score (nSPS) is 12.4. The number of hydrogen-bond acceptors (Lipinski definition) is 1. The van der Waals surface area contributed by atoms with Crippen molar-refractivity contribution in [3.05, 3.63) is 114 Å². The van der Waals surface area contributed by atoms with Crippen molar-refractivity contribution in [3.8, 4) is 16.8 Å². The van der Waals surface area contributed by atoms with Gasteiger partial charge in [-0.3, -0.25) is 4.79 Å². The average Bonchev–Trinajstić information content (AvgIpc) is 3.36. The summed E-state index contributed by atoms with van der Waals surface area (Å²) in [5.41, 5.74) is 6.21. The van der Waals surface area contributed by atoms with Gasteiger partial charge in [0.15, 0.2) is 0 Å².